The van der Waals surface area contributed by atoms with Crippen LogP contribution in [-0.2, 0) is 7.05 Å². The van der Waals surface area contributed by atoms with Crippen LogP contribution in [0.25, 0.3) is 10.4 Å². The summed E-state index contributed by atoms with van der Waals surface area (Å²) in [6, 6.07) is 15.5. The van der Waals surface area contributed by atoms with Gasteiger partial charge in [0.15, 0.2) is 4.80 Å². The Morgan fingerprint density at radius 2 is 1.73 bits per heavy atom. The number of nitrogens with zero attached hydrogens (tertiary/aromatic N) is 2. The molecule has 0 N–H and O–H groups in total. The molecule has 2 aromatic carbocycles. The van der Waals surface area contributed by atoms with Gasteiger partial charge in [-0.25, -0.2) is 4.99 Å². The number of hydrogen-bond acceptors (Lipinski definition) is 3. The van der Waals surface area contributed by atoms with Crippen LogP contribution in [0.15, 0.2) is 59.7 Å². The Morgan fingerprint density at radius 3 is 2.36 bits per heavy atom. The number of aromatic nitrogens is 1. The van der Waals surface area contributed by atoms with Crippen LogP contribution in [0.5, 0.6) is 5.75 Å². The summed E-state index contributed by atoms with van der Waals surface area (Å²) in [4.78, 5) is 6.78. The summed E-state index contributed by atoms with van der Waals surface area (Å²) in [6.07, 6.45) is 2.08. The van der Waals surface area contributed by atoms with Crippen molar-refractivity contribution in [2.45, 2.75) is 0 Å². The van der Waals surface area contributed by atoms with E-state index in [1.165, 1.54) is 0 Å². The minimum Gasteiger partial charge on any atom is -0.497 e. The first-order valence-electron chi connectivity index (χ1n) is 6.77. The predicted octanol–water partition coefficient (Wildman–Crippen LogP) is 4.65. The Balaban J connectivity index is 1.97. The summed E-state index contributed by atoms with van der Waals surface area (Å²) in [5.74, 6) is 0.830. The first-order valence-corrected chi connectivity index (χ1v) is 7.96. The highest BCUT2D eigenvalue weighted by Gasteiger charge is 2.03. The van der Waals surface area contributed by atoms with Gasteiger partial charge in [0.25, 0.3) is 0 Å². The maximum Gasteiger partial charge on any atom is 0.190 e. The van der Waals surface area contributed by atoms with Gasteiger partial charge in [0.05, 0.1) is 17.7 Å². The molecule has 0 radical (unpaired) electrons. The van der Waals surface area contributed by atoms with Gasteiger partial charge < -0.3 is 9.30 Å². The highest BCUT2D eigenvalue weighted by Crippen LogP contribution is 2.24. The molecule has 1 heterocycles. The molecule has 0 spiro atoms. The first kappa shape index (κ1) is 14.9. The number of methoxy groups -OCH3 is 1. The van der Waals surface area contributed by atoms with Crippen LogP contribution in [0.3, 0.4) is 0 Å². The number of rotatable bonds is 3. The molecule has 0 bridgehead atoms. The van der Waals surface area contributed by atoms with E-state index in [-0.39, 0.29) is 0 Å². The quantitative estimate of drug-likeness (QED) is 0.686. The Bertz CT molecular complexity index is 832. The van der Waals surface area contributed by atoms with Crippen molar-refractivity contribution < 1.29 is 4.74 Å². The molecule has 0 unspecified atom stereocenters. The normalized spacial score (nSPS) is 11.7. The van der Waals surface area contributed by atoms with E-state index in [1.54, 1.807) is 18.4 Å². The SMILES string of the molecule is COc1ccc(N=c2sc(-c3ccc(Cl)cc3)cn2C)cc1. The molecule has 3 aromatic rings. The van der Waals surface area contributed by atoms with Crippen molar-refractivity contribution in [1.29, 1.82) is 0 Å². The summed E-state index contributed by atoms with van der Waals surface area (Å²) >= 11 is 7.58. The van der Waals surface area contributed by atoms with Crippen LogP contribution in [0, 0.1) is 0 Å². The zero-order valence-corrected chi connectivity index (χ0v) is 13.9. The average Bonchev–Trinajstić information content (AvgIpc) is 2.90. The molecular formula is C17H15ClN2OS. The van der Waals surface area contributed by atoms with Gasteiger partial charge in [-0.1, -0.05) is 35.1 Å². The third-order valence-corrected chi connectivity index (χ3v) is 4.61. The standard InChI is InChI=1S/C17H15ClN2OS/c1-20-11-16(12-3-5-13(18)6-4-12)22-17(20)19-14-7-9-15(21-2)10-8-14/h3-11H,1-2H3. The number of halogens is 1. The molecule has 0 saturated heterocycles. The molecule has 112 valence electrons. The Labute approximate surface area is 138 Å². The van der Waals surface area contributed by atoms with Gasteiger partial charge in [-0.05, 0) is 42.0 Å². The molecule has 0 saturated carbocycles. The maximum atomic E-state index is 5.94. The number of aryl methyl sites for hydroxylation is 1. The molecule has 0 amide bonds. The number of hydrogen-bond donors (Lipinski definition) is 0. The molecule has 1 aromatic heterocycles. The number of ether oxygens (including phenoxy) is 1. The van der Waals surface area contributed by atoms with Crippen LogP contribution in [-0.4, -0.2) is 11.7 Å². The fourth-order valence-electron chi connectivity index (χ4n) is 2.04. The Hall–Kier alpha value is -2.04. The van der Waals surface area contributed by atoms with Gasteiger partial charge >= 0.3 is 0 Å². The fourth-order valence-corrected chi connectivity index (χ4v) is 3.18. The molecule has 0 atom stereocenters. The first-order chi connectivity index (χ1) is 10.7. The van der Waals surface area contributed by atoms with Crippen LogP contribution < -0.4 is 9.54 Å². The van der Waals surface area contributed by atoms with E-state index in [1.807, 2.05) is 60.1 Å². The van der Waals surface area contributed by atoms with Gasteiger partial charge in [0, 0.05) is 18.3 Å². The molecule has 3 rings (SSSR count). The van der Waals surface area contributed by atoms with Crippen molar-refractivity contribution >= 4 is 28.6 Å². The smallest absolute Gasteiger partial charge is 0.190 e. The summed E-state index contributed by atoms with van der Waals surface area (Å²) < 4.78 is 7.19. The highest BCUT2D eigenvalue weighted by molar-refractivity contribution is 7.12. The van der Waals surface area contributed by atoms with Crippen molar-refractivity contribution in [2.75, 3.05) is 7.11 Å². The molecule has 0 fully saturated rings. The number of benzene rings is 2. The van der Waals surface area contributed by atoms with Crippen LogP contribution in [0.2, 0.25) is 5.02 Å². The lowest BCUT2D eigenvalue weighted by Gasteiger charge is -1.98. The Kier molecular flexibility index (Phi) is 4.32. The average molecular weight is 331 g/mol. The summed E-state index contributed by atoms with van der Waals surface area (Å²) in [7, 11) is 3.65. The lowest BCUT2D eigenvalue weighted by Crippen LogP contribution is -2.07. The van der Waals surface area contributed by atoms with E-state index in [4.69, 9.17) is 16.3 Å². The second-order valence-electron chi connectivity index (χ2n) is 4.81. The van der Waals surface area contributed by atoms with Crippen LogP contribution in [0.1, 0.15) is 0 Å². The fraction of sp³-hybridized carbons (Fsp3) is 0.118. The van der Waals surface area contributed by atoms with E-state index >= 15 is 0 Å². The summed E-state index contributed by atoms with van der Waals surface area (Å²) in [5, 5.41) is 0.743. The maximum absolute atomic E-state index is 5.94. The monoisotopic (exact) mass is 330 g/mol. The topological polar surface area (TPSA) is 26.5 Å². The van der Waals surface area contributed by atoms with Gasteiger partial charge in [-0.15, -0.1) is 0 Å². The zero-order valence-electron chi connectivity index (χ0n) is 12.3. The van der Waals surface area contributed by atoms with Gasteiger partial charge in [0.2, 0.25) is 0 Å². The lowest BCUT2D eigenvalue weighted by atomic mass is 10.2. The summed E-state index contributed by atoms with van der Waals surface area (Å²) in [5.41, 5.74) is 2.04. The second kappa shape index (κ2) is 6.38. The largest absolute Gasteiger partial charge is 0.497 e. The summed E-state index contributed by atoms with van der Waals surface area (Å²) in [6.45, 7) is 0. The molecule has 3 nitrogen and oxygen atoms in total. The van der Waals surface area contributed by atoms with E-state index in [0.717, 1.165) is 31.7 Å². The van der Waals surface area contributed by atoms with Gasteiger partial charge in [-0.2, -0.15) is 0 Å². The van der Waals surface area contributed by atoms with E-state index in [9.17, 15) is 0 Å². The zero-order chi connectivity index (χ0) is 15.5. The molecule has 0 aliphatic carbocycles. The van der Waals surface area contributed by atoms with Crippen molar-refractivity contribution in [3.8, 4) is 16.2 Å². The third kappa shape index (κ3) is 3.24. The highest BCUT2D eigenvalue weighted by atomic mass is 35.5. The van der Waals surface area contributed by atoms with E-state index < -0.39 is 0 Å². The van der Waals surface area contributed by atoms with Crippen molar-refractivity contribution in [3.63, 3.8) is 0 Å². The lowest BCUT2D eigenvalue weighted by molar-refractivity contribution is 0.415. The van der Waals surface area contributed by atoms with E-state index in [2.05, 4.69) is 11.2 Å². The number of thiazole rings is 1. The molecule has 0 aliphatic heterocycles. The minimum absolute atomic E-state index is 0.743. The Morgan fingerprint density at radius 1 is 1.05 bits per heavy atom. The molecular weight excluding hydrogens is 316 g/mol. The molecule has 22 heavy (non-hydrogen) atoms. The predicted molar refractivity (Wildman–Crippen MR) is 92.0 cm³/mol. The van der Waals surface area contributed by atoms with Crippen LogP contribution in [0.4, 0.5) is 5.69 Å². The van der Waals surface area contributed by atoms with Gasteiger partial charge in [-0.3, -0.25) is 0 Å². The second-order valence-corrected chi connectivity index (χ2v) is 6.25. The van der Waals surface area contributed by atoms with Crippen molar-refractivity contribution in [3.05, 3.63) is 64.6 Å². The van der Waals surface area contributed by atoms with Crippen molar-refractivity contribution in [1.82, 2.24) is 4.57 Å². The van der Waals surface area contributed by atoms with Crippen LogP contribution >= 0.6 is 22.9 Å². The van der Waals surface area contributed by atoms with E-state index in [0.29, 0.717) is 0 Å². The minimum atomic E-state index is 0.743. The van der Waals surface area contributed by atoms with Gasteiger partial charge in [0.1, 0.15) is 5.75 Å². The third-order valence-electron chi connectivity index (χ3n) is 3.24. The molecule has 0 aliphatic rings. The van der Waals surface area contributed by atoms with Crippen molar-refractivity contribution in [2.24, 2.45) is 12.0 Å². The molecule has 5 heteroatoms.